The fraction of sp³-hybridized carbons (Fsp3) is 0.0833. The molecule has 4 rings (SSSR count). The van der Waals surface area contributed by atoms with Crippen molar-refractivity contribution in [2.75, 3.05) is 0 Å². The standard InChI is InChI=1S/C24H17ClO4/c1-14-7-9-16(10-8-14)22-23(29-24(27)18-6-4-3-5-15(18)2)21(26)19-13-17(25)11-12-20(19)28-22/h3-13H,1-2H3. The summed E-state index contributed by atoms with van der Waals surface area (Å²) in [6.45, 7) is 3.77. The molecule has 0 amide bonds. The molecule has 29 heavy (non-hydrogen) atoms. The number of benzene rings is 3. The lowest BCUT2D eigenvalue weighted by Gasteiger charge is -2.12. The van der Waals surface area contributed by atoms with Crippen LogP contribution in [0.4, 0.5) is 0 Å². The Balaban J connectivity index is 1.92. The predicted octanol–water partition coefficient (Wildman–Crippen LogP) is 5.95. The van der Waals surface area contributed by atoms with Gasteiger partial charge >= 0.3 is 5.97 Å². The van der Waals surface area contributed by atoms with Gasteiger partial charge in [0.05, 0.1) is 10.9 Å². The van der Waals surface area contributed by atoms with Crippen LogP contribution < -0.4 is 10.2 Å². The zero-order chi connectivity index (χ0) is 20.5. The normalized spacial score (nSPS) is 10.9. The summed E-state index contributed by atoms with van der Waals surface area (Å²) < 4.78 is 11.6. The average Bonchev–Trinajstić information content (AvgIpc) is 2.71. The highest BCUT2D eigenvalue weighted by Gasteiger charge is 2.22. The van der Waals surface area contributed by atoms with E-state index >= 15 is 0 Å². The highest BCUT2D eigenvalue weighted by Crippen LogP contribution is 2.32. The number of rotatable bonds is 3. The second-order valence-electron chi connectivity index (χ2n) is 6.80. The molecule has 5 heteroatoms. The van der Waals surface area contributed by atoms with Crippen molar-refractivity contribution in [3.8, 4) is 17.1 Å². The van der Waals surface area contributed by atoms with E-state index in [2.05, 4.69) is 0 Å². The van der Waals surface area contributed by atoms with Crippen molar-refractivity contribution in [2.45, 2.75) is 13.8 Å². The van der Waals surface area contributed by atoms with Crippen LogP contribution in [-0.4, -0.2) is 5.97 Å². The van der Waals surface area contributed by atoms with E-state index in [0.717, 1.165) is 11.1 Å². The van der Waals surface area contributed by atoms with Crippen LogP contribution in [0.2, 0.25) is 5.02 Å². The number of hydrogen-bond donors (Lipinski definition) is 0. The minimum absolute atomic E-state index is 0.156. The monoisotopic (exact) mass is 404 g/mol. The van der Waals surface area contributed by atoms with Gasteiger partial charge in [0.15, 0.2) is 5.76 Å². The third-order valence-electron chi connectivity index (χ3n) is 4.68. The zero-order valence-electron chi connectivity index (χ0n) is 15.9. The Morgan fingerprint density at radius 1 is 0.966 bits per heavy atom. The van der Waals surface area contributed by atoms with Crippen molar-refractivity contribution in [1.29, 1.82) is 0 Å². The lowest BCUT2D eigenvalue weighted by Crippen LogP contribution is -2.17. The molecule has 0 fully saturated rings. The molecule has 0 saturated carbocycles. The number of carbonyl (C=O) groups is 1. The summed E-state index contributed by atoms with van der Waals surface area (Å²) in [5.74, 6) is -0.575. The van der Waals surface area contributed by atoms with Crippen LogP contribution in [0.25, 0.3) is 22.3 Å². The van der Waals surface area contributed by atoms with Crippen LogP contribution in [0.1, 0.15) is 21.5 Å². The Morgan fingerprint density at radius 3 is 2.41 bits per heavy atom. The van der Waals surface area contributed by atoms with Gasteiger partial charge in [0, 0.05) is 10.6 Å². The van der Waals surface area contributed by atoms with E-state index in [4.69, 9.17) is 20.8 Å². The third-order valence-corrected chi connectivity index (χ3v) is 4.92. The van der Waals surface area contributed by atoms with Gasteiger partial charge in [0.25, 0.3) is 0 Å². The molecular weight excluding hydrogens is 388 g/mol. The molecule has 144 valence electrons. The first-order chi connectivity index (χ1) is 13.9. The maximum atomic E-state index is 13.2. The van der Waals surface area contributed by atoms with Crippen LogP contribution in [-0.2, 0) is 0 Å². The smallest absolute Gasteiger partial charge is 0.344 e. The molecule has 1 aromatic heterocycles. The van der Waals surface area contributed by atoms with Crippen LogP contribution in [0, 0.1) is 13.8 Å². The summed E-state index contributed by atoms with van der Waals surface area (Å²) in [5.41, 5.74) is 2.74. The van der Waals surface area contributed by atoms with Crippen LogP contribution in [0.15, 0.2) is 75.9 Å². The number of fused-ring (bicyclic) bond motifs is 1. The SMILES string of the molecule is Cc1ccc(-c2oc3ccc(Cl)cc3c(=O)c2OC(=O)c2ccccc2C)cc1. The molecule has 0 spiro atoms. The number of carbonyl (C=O) groups excluding carboxylic acids is 1. The summed E-state index contributed by atoms with van der Waals surface area (Å²) in [5, 5.41) is 0.644. The minimum Gasteiger partial charge on any atom is -0.452 e. The van der Waals surface area contributed by atoms with Crippen molar-refractivity contribution in [3.63, 3.8) is 0 Å². The number of esters is 1. The summed E-state index contributed by atoms with van der Waals surface area (Å²) >= 11 is 6.05. The van der Waals surface area contributed by atoms with Crippen LogP contribution in [0.3, 0.4) is 0 Å². The van der Waals surface area contributed by atoms with Crippen LogP contribution >= 0.6 is 11.6 Å². The molecular formula is C24H17ClO4. The Kier molecular flexibility index (Phi) is 4.95. The molecule has 0 saturated heterocycles. The van der Waals surface area contributed by atoms with Crippen molar-refractivity contribution in [1.82, 2.24) is 0 Å². The minimum atomic E-state index is -0.620. The maximum Gasteiger partial charge on any atom is 0.344 e. The highest BCUT2D eigenvalue weighted by atomic mass is 35.5. The predicted molar refractivity (Wildman–Crippen MR) is 114 cm³/mol. The van der Waals surface area contributed by atoms with Gasteiger partial charge in [-0.05, 0) is 43.7 Å². The van der Waals surface area contributed by atoms with Gasteiger partial charge < -0.3 is 9.15 Å². The second-order valence-corrected chi connectivity index (χ2v) is 7.24. The Hall–Kier alpha value is -3.37. The largest absolute Gasteiger partial charge is 0.452 e. The number of hydrogen-bond acceptors (Lipinski definition) is 4. The van der Waals surface area contributed by atoms with Crippen molar-refractivity contribution >= 4 is 28.5 Å². The fourth-order valence-electron chi connectivity index (χ4n) is 3.09. The third kappa shape index (κ3) is 3.67. The fourth-order valence-corrected chi connectivity index (χ4v) is 3.26. The van der Waals surface area contributed by atoms with E-state index in [1.54, 1.807) is 37.3 Å². The van der Waals surface area contributed by atoms with Gasteiger partial charge in [-0.1, -0.05) is 59.6 Å². The van der Waals surface area contributed by atoms with Crippen molar-refractivity contribution < 1.29 is 13.9 Å². The average molecular weight is 405 g/mol. The lowest BCUT2D eigenvalue weighted by atomic mass is 10.1. The first-order valence-electron chi connectivity index (χ1n) is 9.05. The summed E-state index contributed by atoms with van der Waals surface area (Å²) in [7, 11) is 0. The van der Waals surface area contributed by atoms with Gasteiger partial charge in [0.2, 0.25) is 11.2 Å². The maximum absolute atomic E-state index is 13.2. The first kappa shape index (κ1) is 19.0. The van der Waals surface area contributed by atoms with Gasteiger partial charge in [0.1, 0.15) is 5.58 Å². The molecule has 0 N–H and O–H groups in total. The number of halogens is 1. The quantitative estimate of drug-likeness (QED) is 0.396. The van der Waals surface area contributed by atoms with E-state index in [0.29, 0.717) is 21.7 Å². The molecule has 0 atom stereocenters. The topological polar surface area (TPSA) is 56.5 Å². The summed E-state index contributed by atoms with van der Waals surface area (Å²) in [4.78, 5) is 26.0. The highest BCUT2D eigenvalue weighted by molar-refractivity contribution is 6.31. The van der Waals surface area contributed by atoms with Gasteiger partial charge in [-0.25, -0.2) is 4.79 Å². The Morgan fingerprint density at radius 2 is 1.69 bits per heavy atom. The van der Waals surface area contributed by atoms with Crippen molar-refractivity contribution in [2.24, 2.45) is 0 Å². The molecule has 0 aliphatic rings. The second kappa shape index (κ2) is 7.57. The summed E-state index contributed by atoms with van der Waals surface area (Å²) in [6, 6.07) is 19.2. The molecule has 3 aromatic carbocycles. The number of ether oxygens (including phenoxy) is 1. The van der Waals surface area contributed by atoms with Gasteiger partial charge in [-0.2, -0.15) is 0 Å². The van der Waals surface area contributed by atoms with E-state index in [1.807, 2.05) is 37.3 Å². The molecule has 0 aliphatic carbocycles. The zero-order valence-corrected chi connectivity index (χ0v) is 16.6. The van der Waals surface area contributed by atoms with E-state index in [9.17, 15) is 9.59 Å². The first-order valence-corrected chi connectivity index (χ1v) is 9.43. The Bertz CT molecular complexity index is 1290. The van der Waals surface area contributed by atoms with Crippen LogP contribution in [0.5, 0.6) is 5.75 Å². The lowest BCUT2D eigenvalue weighted by molar-refractivity contribution is 0.0730. The molecule has 0 unspecified atom stereocenters. The molecule has 0 aliphatic heterocycles. The van der Waals surface area contributed by atoms with Gasteiger partial charge in [-0.3, -0.25) is 4.79 Å². The molecule has 4 nitrogen and oxygen atoms in total. The van der Waals surface area contributed by atoms with E-state index in [-0.39, 0.29) is 16.9 Å². The van der Waals surface area contributed by atoms with E-state index < -0.39 is 11.4 Å². The van der Waals surface area contributed by atoms with Crippen molar-refractivity contribution in [3.05, 3.63) is 98.7 Å². The van der Waals surface area contributed by atoms with E-state index in [1.165, 1.54) is 6.07 Å². The number of aryl methyl sites for hydroxylation is 2. The molecule has 0 radical (unpaired) electrons. The summed E-state index contributed by atoms with van der Waals surface area (Å²) in [6.07, 6.45) is 0. The molecule has 0 bridgehead atoms. The van der Waals surface area contributed by atoms with Gasteiger partial charge in [-0.15, -0.1) is 0 Å². The Labute approximate surface area is 172 Å². The molecule has 4 aromatic rings. The molecule has 1 heterocycles.